The standard InChI is InChI=1S/C17H15F4NO3/c18-12-6-11(17(19,20)21)7-14(8-12)24-10-15-9-22(16(23)25-15)13-4-2-1-3-5-13/h1-5,7-8,12,15H,6,9-10H2. The molecule has 1 aromatic carbocycles. The molecule has 0 N–H and O–H groups in total. The van der Waals surface area contributed by atoms with Crippen LogP contribution in [0.3, 0.4) is 0 Å². The second-order valence-electron chi connectivity index (χ2n) is 5.72. The number of benzene rings is 1. The van der Waals surface area contributed by atoms with E-state index >= 15 is 0 Å². The van der Waals surface area contributed by atoms with Gasteiger partial charge in [-0.25, -0.2) is 9.18 Å². The van der Waals surface area contributed by atoms with Gasteiger partial charge in [0.1, 0.15) is 18.5 Å². The summed E-state index contributed by atoms with van der Waals surface area (Å²) in [5, 5.41) is 0. The number of halogens is 4. The predicted octanol–water partition coefficient (Wildman–Crippen LogP) is 4.14. The third-order valence-electron chi connectivity index (χ3n) is 3.82. The van der Waals surface area contributed by atoms with Gasteiger partial charge in [-0.15, -0.1) is 0 Å². The van der Waals surface area contributed by atoms with Gasteiger partial charge in [0, 0.05) is 17.7 Å². The minimum Gasteiger partial charge on any atom is -0.490 e. The van der Waals surface area contributed by atoms with Crippen LogP contribution in [-0.2, 0) is 9.47 Å². The number of alkyl halides is 4. The molecule has 2 atom stereocenters. The summed E-state index contributed by atoms with van der Waals surface area (Å²) < 4.78 is 62.0. The van der Waals surface area contributed by atoms with E-state index in [1.807, 2.05) is 0 Å². The van der Waals surface area contributed by atoms with Crippen molar-refractivity contribution in [3.8, 4) is 0 Å². The van der Waals surface area contributed by atoms with Gasteiger partial charge in [-0.2, -0.15) is 13.2 Å². The first-order valence-corrected chi connectivity index (χ1v) is 7.62. The summed E-state index contributed by atoms with van der Waals surface area (Å²) in [6.45, 7) is 0.0420. The molecule has 0 aromatic heterocycles. The largest absolute Gasteiger partial charge is 0.490 e. The Kier molecular flexibility index (Phi) is 4.69. The number of cyclic esters (lactones) is 1. The van der Waals surface area contributed by atoms with Gasteiger partial charge in [0.2, 0.25) is 0 Å². The lowest BCUT2D eigenvalue weighted by molar-refractivity contribution is -0.0960. The van der Waals surface area contributed by atoms with Crippen molar-refractivity contribution in [2.24, 2.45) is 0 Å². The summed E-state index contributed by atoms with van der Waals surface area (Å²) >= 11 is 0. The number of anilines is 1. The Bertz CT molecular complexity index is 700. The van der Waals surface area contributed by atoms with Gasteiger partial charge >= 0.3 is 12.3 Å². The third-order valence-corrected chi connectivity index (χ3v) is 3.82. The van der Waals surface area contributed by atoms with Crippen LogP contribution in [-0.4, -0.2) is 37.7 Å². The van der Waals surface area contributed by atoms with Gasteiger partial charge in [0.25, 0.3) is 0 Å². The Labute approximate surface area is 141 Å². The highest BCUT2D eigenvalue weighted by molar-refractivity contribution is 5.89. The molecule has 4 nitrogen and oxygen atoms in total. The van der Waals surface area contributed by atoms with Crippen LogP contribution >= 0.6 is 0 Å². The summed E-state index contributed by atoms with van der Waals surface area (Å²) in [6.07, 6.45) is -6.54. The maximum atomic E-state index is 13.5. The molecule has 8 heteroatoms. The molecule has 3 rings (SSSR count). The van der Waals surface area contributed by atoms with Crippen LogP contribution in [0.2, 0.25) is 0 Å². The lowest BCUT2D eigenvalue weighted by Crippen LogP contribution is -2.26. The van der Waals surface area contributed by atoms with Crippen molar-refractivity contribution >= 4 is 11.8 Å². The zero-order chi connectivity index (χ0) is 18.0. The second-order valence-corrected chi connectivity index (χ2v) is 5.72. The molecule has 25 heavy (non-hydrogen) atoms. The number of para-hydroxylation sites is 1. The van der Waals surface area contributed by atoms with Crippen LogP contribution in [0.4, 0.5) is 28.0 Å². The van der Waals surface area contributed by atoms with E-state index in [-0.39, 0.29) is 18.9 Å². The molecule has 2 aliphatic rings. The number of ether oxygens (including phenoxy) is 2. The summed E-state index contributed by atoms with van der Waals surface area (Å²) in [5.74, 6) is -0.208. The smallest absolute Gasteiger partial charge is 0.414 e. The summed E-state index contributed by atoms with van der Waals surface area (Å²) in [4.78, 5) is 13.3. The van der Waals surface area contributed by atoms with Gasteiger partial charge in [-0.1, -0.05) is 18.2 Å². The van der Waals surface area contributed by atoms with Crippen molar-refractivity contribution in [2.75, 3.05) is 18.1 Å². The predicted molar refractivity (Wildman–Crippen MR) is 81.7 cm³/mol. The van der Waals surface area contributed by atoms with E-state index in [0.29, 0.717) is 5.69 Å². The number of hydrogen-bond acceptors (Lipinski definition) is 3. The average Bonchev–Trinajstić information content (AvgIpc) is 2.93. The molecule has 0 bridgehead atoms. The van der Waals surface area contributed by atoms with Crippen LogP contribution in [0.15, 0.2) is 53.8 Å². The monoisotopic (exact) mass is 357 g/mol. The summed E-state index contributed by atoms with van der Waals surface area (Å²) in [5.41, 5.74) is -0.332. The minimum absolute atomic E-state index is 0.157. The van der Waals surface area contributed by atoms with E-state index in [4.69, 9.17) is 9.47 Å². The molecule has 0 saturated carbocycles. The highest BCUT2D eigenvalue weighted by Crippen LogP contribution is 2.34. The number of rotatable bonds is 4. The van der Waals surface area contributed by atoms with Gasteiger partial charge in [-0.3, -0.25) is 4.90 Å². The Morgan fingerprint density at radius 1 is 1.24 bits per heavy atom. The van der Waals surface area contributed by atoms with E-state index in [2.05, 4.69) is 0 Å². The van der Waals surface area contributed by atoms with E-state index in [1.165, 1.54) is 4.90 Å². The third kappa shape index (κ3) is 4.12. The Morgan fingerprint density at radius 2 is 1.96 bits per heavy atom. The summed E-state index contributed by atoms with van der Waals surface area (Å²) in [7, 11) is 0. The molecule has 0 radical (unpaired) electrons. The van der Waals surface area contributed by atoms with E-state index < -0.39 is 36.5 Å². The zero-order valence-corrected chi connectivity index (χ0v) is 13.0. The number of carbonyl (C=O) groups is 1. The maximum Gasteiger partial charge on any atom is 0.414 e. The van der Waals surface area contributed by atoms with Crippen molar-refractivity contribution in [1.82, 2.24) is 0 Å². The van der Waals surface area contributed by atoms with Crippen molar-refractivity contribution in [3.05, 3.63) is 53.8 Å². The highest BCUT2D eigenvalue weighted by Gasteiger charge is 2.37. The Morgan fingerprint density at radius 3 is 2.64 bits per heavy atom. The fourth-order valence-corrected chi connectivity index (χ4v) is 2.63. The normalized spacial score (nSPS) is 23.8. The topological polar surface area (TPSA) is 38.8 Å². The zero-order valence-electron chi connectivity index (χ0n) is 13.0. The van der Waals surface area contributed by atoms with E-state index in [1.54, 1.807) is 30.3 Å². The van der Waals surface area contributed by atoms with Gasteiger partial charge in [-0.05, 0) is 24.3 Å². The fourth-order valence-electron chi connectivity index (χ4n) is 2.63. The molecule has 1 aliphatic heterocycles. The van der Waals surface area contributed by atoms with E-state index in [0.717, 1.165) is 12.2 Å². The van der Waals surface area contributed by atoms with Crippen LogP contribution in [0.25, 0.3) is 0 Å². The molecule has 1 saturated heterocycles. The number of amides is 1. The fraction of sp³-hybridized carbons (Fsp3) is 0.353. The first-order valence-electron chi connectivity index (χ1n) is 7.62. The van der Waals surface area contributed by atoms with Crippen LogP contribution in [0.1, 0.15) is 6.42 Å². The lowest BCUT2D eigenvalue weighted by atomic mass is 10.0. The molecule has 1 amide bonds. The van der Waals surface area contributed by atoms with Gasteiger partial charge in [0.05, 0.1) is 6.54 Å². The molecular weight excluding hydrogens is 342 g/mol. The lowest BCUT2D eigenvalue weighted by Gasteiger charge is -2.20. The summed E-state index contributed by atoms with van der Waals surface area (Å²) in [6, 6.07) is 8.81. The SMILES string of the molecule is O=C1OC(COC2=CC(F)CC(C(F)(F)F)=C2)CN1c1ccccc1. The van der Waals surface area contributed by atoms with Crippen LogP contribution in [0.5, 0.6) is 0 Å². The van der Waals surface area contributed by atoms with Crippen molar-refractivity contribution in [1.29, 1.82) is 0 Å². The van der Waals surface area contributed by atoms with Gasteiger partial charge in [0.15, 0.2) is 6.10 Å². The van der Waals surface area contributed by atoms with E-state index in [9.17, 15) is 22.4 Å². The van der Waals surface area contributed by atoms with Crippen molar-refractivity contribution < 1.29 is 31.8 Å². The average molecular weight is 357 g/mol. The first kappa shape index (κ1) is 17.3. The molecule has 1 fully saturated rings. The molecule has 1 aliphatic carbocycles. The molecule has 1 heterocycles. The first-order chi connectivity index (χ1) is 11.8. The molecular formula is C17H15F4NO3. The number of allylic oxidation sites excluding steroid dienone is 3. The van der Waals surface area contributed by atoms with Gasteiger partial charge < -0.3 is 9.47 Å². The second kappa shape index (κ2) is 6.78. The highest BCUT2D eigenvalue weighted by atomic mass is 19.4. The van der Waals surface area contributed by atoms with Crippen LogP contribution < -0.4 is 4.90 Å². The quantitative estimate of drug-likeness (QED) is 0.760. The molecule has 2 unspecified atom stereocenters. The molecule has 134 valence electrons. The number of carbonyl (C=O) groups excluding carboxylic acids is 1. The molecule has 1 aromatic rings. The Balaban J connectivity index is 1.61. The Hall–Kier alpha value is -2.51. The van der Waals surface area contributed by atoms with Crippen molar-refractivity contribution in [2.45, 2.75) is 24.9 Å². The number of hydrogen-bond donors (Lipinski definition) is 0. The number of nitrogens with zero attached hydrogens (tertiary/aromatic N) is 1. The van der Waals surface area contributed by atoms with Crippen LogP contribution in [0, 0.1) is 0 Å². The minimum atomic E-state index is -4.60. The van der Waals surface area contributed by atoms with Crippen molar-refractivity contribution in [3.63, 3.8) is 0 Å². The maximum absolute atomic E-state index is 13.5. The molecule has 0 spiro atoms.